The molecule has 0 aliphatic carbocycles. The minimum atomic E-state index is 0.0948. The Labute approximate surface area is 193 Å². The molecule has 0 saturated carbocycles. The summed E-state index contributed by atoms with van der Waals surface area (Å²) < 4.78 is 6.33. The molecule has 2 heterocycles. The first-order valence-corrected chi connectivity index (χ1v) is 11.4. The molecule has 0 spiro atoms. The molecule has 0 radical (unpaired) electrons. The number of benzene rings is 4. The van der Waals surface area contributed by atoms with Crippen LogP contribution in [0.25, 0.3) is 54.9 Å². The van der Waals surface area contributed by atoms with Gasteiger partial charge in [0.05, 0.1) is 11.2 Å². The molecule has 6 aromatic rings. The van der Waals surface area contributed by atoms with Gasteiger partial charge in [-0.2, -0.15) is 0 Å². The number of aromatic nitrogens is 2. The van der Waals surface area contributed by atoms with Crippen molar-refractivity contribution < 1.29 is 4.42 Å². The second kappa shape index (κ2) is 6.89. The van der Waals surface area contributed by atoms with Gasteiger partial charge in [0, 0.05) is 27.1 Å². The summed E-state index contributed by atoms with van der Waals surface area (Å²) in [5, 5.41) is 5.70. The third kappa shape index (κ3) is 3.03. The largest absolute Gasteiger partial charge is 0.455 e. The Hall–Kier alpha value is -3.72. The summed E-state index contributed by atoms with van der Waals surface area (Å²) in [6.45, 7) is 10.9. The van der Waals surface area contributed by atoms with Crippen molar-refractivity contribution in [1.29, 1.82) is 0 Å². The number of fused-ring (bicyclic) bond motifs is 6. The zero-order valence-corrected chi connectivity index (χ0v) is 19.7. The molecule has 0 fully saturated rings. The standard InChI is InChI=1S/C30H26N2O/c1-17-15-20(30(3,4)5)16-19-13-14-23-27(31-18(2)32-28(23)26(17)19)24-11-8-10-22-21-9-6-7-12-25(21)33-29(22)24/h6-16H,1-5H3. The molecule has 0 aliphatic heterocycles. The maximum absolute atomic E-state index is 6.33. The summed E-state index contributed by atoms with van der Waals surface area (Å²) in [5.41, 5.74) is 7.37. The zero-order chi connectivity index (χ0) is 22.9. The van der Waals surface area contributed by atoms with E-state index in [0.29, 0.717) is 0 Å². The second-order valence-electron chi connectivity index (χ2n) is 10.0. The number of hydrogen-bond donors (Lipinski definition) is 0. The van der Waals surface area contributed by atoms with Crippen molar-refractivity contribution in [3.8, 4) is 11.3 Å². The van der Waals surface area contributed by atoms with E-state index in [2.05, 4.69) is 82.3 Å². The lowest BCUT2D eigenvalue weighted by Crippen LogP contribution is -2.11. The Morgan fingerprint density at radius 2 is 1.55 bits per heavy atom. The van der Waals surface area contributed by atoms with Crippen LogP contribution in [0, 0.1) is 13.8 Å². The lowest BCUT2D eigenvalue weighted by molar-refractivity contribution is 0.590. The van der Waals surface area contributed by atoms with Gasteiger partial charge in [-0.05, 0) is 54.0 Å². The molecular formula is C30H26N2O. The summed E-state index contributed by atoms with van der Waals surface area (Å²) in [6.07, 6.45) is 0. The fourth-order valence-corrected chi connectivity index (χ4v) is 4.94. The molecule has 0 N–H and O–H groups in total. The van der Waals surface area contributed by atoms with E-state index in [9.17, 15) is 0 Å². The van der Waals surface area contributed by atoms with Gasteiger partial charge in [-0.15, -0.1) is 0 Å². The van der Waals surface area contributed by atoms with Crippen molar-refractivity contribution in [1.82, 2.24) is 9.97 Å². The van der Waals surface area contributed by atoms with E-state index in [1.165, 1.54) is 21.9 Å². The smallest absolute Gasteiger partial charge is 0.144 e. The highest BCUT2D eigenvalue weighted by atomic mass is 16.3. The van der Waals surface area contributed by atoms with Crippen LogP contribution in [0.5, 0.6) is 0 Å². The van der Waals surface area contributed by atoms with Crippen molar-refractivity contribution in [3.05, 3.63) is 83.7 Å². The van der Waals surface area contributed by atoms with Gasteiger partial charge in [0.25, 0.3) is 0 Å². The molecule has 4 aromatic carbocycles. The molecular weight excluding hydrogens is 404 g/mol. The molecule has 162 valence electrons. The maximum Gasteiger partial charge on any atom is 0.144 e. The van der Waals surface area contributed by atoms with Crippen LogP contribution in [-0.4, -0.2) is 9.97 Å². The Bertz CT molecular complexity index is 1720. The van der Waals surface area contributed by atoms with E-state index in [1.54, 1.807) is 0 Å². The van der Waals surface area contributed by atoms with E-state index in [1.807, 2.05) is 19.1 Å². The average molecular weight is 431 g/mol. The lowest BCUT2D eigenvalue weighted by atomic mass is 9.84. The molecule has 0 saturated heterocycles. The molecule has 2 aromatic heterocycles. The van der Waals surface area contributed by atoms with Gasteiger partial charge >= 0.3 is 0 Å². The van der Waals surface area contributed by atoms with Crippen LogP contribution < -0.4 is 0 Å². The third-order valence-electron chi connectivity index (χ3n) is 6.62. The normalized spacial score (nSPS) is 12.4. The van der Waals surface area contributed by atoms with Gasteiger partial charge in [-0.25, -0.2) is 9.97 Å². The van der Waals surface area contributed by atoms with E-state index in [-0.39, 0.29) is 5.41 Å². The molecule has 3 nitrogen and oxygen atoms in total. The first kappa shape index (κ1) is 19.9. The molecule has 0 unspecified atom stereocenters. The third-order valence-corrected chi connectivity index (χ3v) is 6.62. The number of furan rings is 1. The van der Waals surface area contributed by atoms with Crippen molar-refractivity contribution in [2.45, 2.75) is 40.0 Å². The quantitative estimate of drug-likeness (QED) is 0.246. The number of rotatable bonds is 1. The molecule has 0 bridgehead atoms. The molecule has 0 amide bonds. The summed E-state index contributed by atoms with van der Waals surface area (Å²) in [6, 6.07) is 23.5. The lowest BCUT2D eigenvalue weighted by Gasteiger charge is -2.21. The van der Waals surface area contributed by atoms with E-state index >= 15 is 0 Å². The SMILES string of the molecule is Cc1nc(-c2cccc3c2oc2ccccc23)c2ccc3cc(C(C)(C)C)cc(C)c3c2n1. The molecule has 0 atom stereocenters. The van der Waals surface area contributed by atoms with E-state index in [4.69, 9.17) is 14.4 Å². The Kier molecular flexibility index (Phi) is 4.16. The predicted octanol–water partition coefficient (Wildman–Crippen LogP) is 8.26. The number of nitrogens with zero attached hydrogens (tertiary/aromatic N) is 2. The number of para-hydroxylation sites is 2. The summed E-state index contributed by atoms with van der Waals surface area (Å²) in [7, 11) is 0. The van der Waals surface area contributed by atoms with Crippen molar-refractivity contribution in [3.63, 3.8) is 0 Å². The first-order chi connectivity index (χ1) is 15.8. The van der Waals surface area contributed by atoms with Crippen LogP contribution in [0.2, 0.25) is 0 Å². The van der Waals surface area contributed by atoms with Crippen molar-refractivity contribution in [2.75, 3.05) is 0 Å². The highest BCUT2D eigenvalue weighted by molar-refractivity contribution is 6.15. The average Bonchev–Trinajstić information content (AvgIpc) is 3.16. The summed E-state index contributed by atoms with van der Waals surface area (Å²) in [5.74, 6) is 0.761. The van der Waals surface area contributed by atoms with Gasteiger partial charge in [0.2, 0.25) is 0 Å². The van der Waals surface area contributed by atoms with Gasteiger partial charge in [-0.1, -0.05) is 69.3 Å². The van der Waals surface area contributed by atoms with E-state index < -0.39 is 0 Å². The Balaban J connectivity index is 1.70. The molecule has 3 heteroatoms. The minimum absolute atomic E-state index is 0.0948. The van der Waals surface area contributed by atoms with Crippen LogP contribution in [0.3, 0.4) is 0 Å². The minimum Gasteiger partial charge on any atom is -0.455 e. The fraction of sp³-hybridized carbons (Fsp3) is 0.200. The van der Waals surface area contributed by atoms with Crippen LogP contribution in [0.4, 0.5) is 0 Å². The highest BCUT2D eigenvalue weighted by Crippen LogP contribution is 2.39. The van der Waals surface area contributed by atoms with Crippen molar-refractivity contribution >= 4 is 43.6 Å². The Morgan fingerprint density at radius 3 is 2.36 bits per heavy atom. The monoisotopic (exact) mass is 430 g/mol. The van der Waals surface area contributed by atoms with Crippen LogP contribution in [0.1, 0.15) is 37.7 Å². The summed E-state index contributed by atoms with van der Waals surface area (Å²) in [4.78, 5) is 9.84. The second-order valence-corrected chi connectivity index (χ2v) is 10.0. The van der Waals surface area contributed by atoms with E-state index in [0.717, 1.165) is 49.9 Å². The number of hydrogen-bond acceptors (Lipinski definition) is 3. The van der Waals surface area contributed by atoms with Gasteiger partial charge in [-0.3, -0.25) is 0 Å². The van der Waals surface area contributed by atoms with Crippen LogP contribution in [-0.2, 0) is 5.41 Å². The number of aryl methyl sites for hydroxylation is 2. The van der Waals surface area contributed by atoms with Crippen LogP contribution in [0.15, 0.2) is 71.1 Å². The highest BCUT2D eigenvalue weighted by Gasteiger charge is 2.20. The first-order valence-electron chi connectivity index (χ1n) is 11.4. The Morgan fingerprint density at radius 1 is 0.758 bits per heavy atom. The molecule has 33 heavy (non-hydrogen) atoms. The van der Waals surface area contributed by atoms with Gasteiger partial charge in [0.15, 0.2) is 0 Å². The van der Waals surface area contributed by atoms with Gasteiger partial charge < -0.3 is 4.42 Å². The zero-order valence-electron chi connectivity index (χ0n) is 19.7. The topological polar surface area (TPSA) is 38.9 Å². The van der Waals surface area contributed by atoms with Gasteiger partial charge in [0.1, 0.15) is 17.0 Å². The van der Waals surface area contributed by atoms with Crippen LogP contribution >= 0.6 is 0 Å². The van der Waals surface area contributed by atoms with Crippen molar-refractivity contribution in [2.24, 2.45) is 0 Å². The predicted molar refractivity (Wildman–Crippen MR) is 138 cm³/mol. The molecule has 0 aliphatic rings. The summed E-state index contributed by atoms with van der Waals surface area (Å²) >= 11 is 0. The fourth-order valence-electron chi connectivity index (χ4n) is 4.94. The molecule has 6 rings (SSSR count). The maximum atomic E-state index is 6.33.